The van der Waals surface area contributed by atoms with Crippen LogP contribution in [0, 0.1) is 0 Å². The van der Waals surface area contributed by atoms with Crippen LogP contribution in [0.5, 0.6) is 0 Å². The summed E-state index contributed by atoms with van der Waals surface area (Å²) in [5, 5.41) is 6.68. The van der Waals surface area contributed by atoms with E-state index in [1.54, 1.807) is 18.3 Å². The molecule has 0 unspecified atom stereocenters. The van der Waals surface area contributed by atoms with Gasteiger partial charge in [0, 0.05) is 6.07 Å². The Balaban J connectivity index is 1.98. The molecule has 0 spiro atoms. The minimum Gasteiger partial charge on any atom is -0.363 e. The van der Waals surface area contributed by atoms with E-state index in [-0.39, 0.29) is 0 Å². The predicted octanol–water partition coefficient (Wildman–Crippen LogP) is 0.967. The third kappa shape index (κ3) is 2.44. The molecule has 2 aromatic heterocycles. The molecule has 0 radical (unpaired) electrons. The van der Waals surface area contributed by atoms with Crippen molar-refractivity contribution >= 4 is 11.6 Å². The molecule has 4 N–H and O–H groups in total. The Hall–Kier alpha value is -2.08. The highest BCUT2D eigenvalue weighted by Gasteiger charge is 1.98. The van der Waals surface area contributed by atoms with E-state index in [9.17, 15) is 0 Å². The van der Waals surface area contributed by atoms with E-state index in [4.69, 9.17) is 10.4 Å². The Morgan fingerprint density at radius 3 is 2.87 bits per heavy atom. The van der Waals surface area contributed by atoms with E-state index < -0.39 is 0 Å². The third-order valence-electron chi connectivity index (χ3n) is 1.83. The second-order valence-corrected chi connectivity index (χ2v) is 2.88. The van der Waals surface area contributed by atoms with Crippen LogP contribution in [-0.2, 0) is 6.54 Å². The minimum atomic E-state index is 0.543. The van der Waals surface area contributed by atoms with Crippen molar-refractivity contribution in [3.63, 3.8) is 0 Å². The molecule has 0 saturated carbocycles. The van der Waals surface area contributed by atoms with Crippen LogP contribution in [0.2, 0.25) is 0 Å². The summed E-state index contributed by atoms with van der Waals surface area (Å²) in [5.74, 6) is 7.33. The Morgan fingerprint density at radius 2 is 2.13 bits per heavy atom. The Labute approximate surface area is 86.4 Å². The quantitative estimate of drug-likeness (QED) is 0.509. The smallest absolute Gasteiger partial charge is 0.155 e. The Kier molecular flexibility index (Phi) is 2.80. The lowest BCUT2D eigenvalue weighted by Crippen LogP contribution is -2.09. The Bertz CT molecular complexity index is 414. The maximum Gasteiger partial charge on any atom is 0.155 e. The molecule has 6 heteroatoms. The van der Waals surface area contributed by atoms with Crippen LogP contribution in [0.25, 0.3) is 0 Å². The molecule has 2 rings (SSSR count). The van der Waals surface area contributed by atoms with Gasteiger partial charge in [-0.15, -0.1) is 0 Å². The second kappa shape index (κ2) is 4.43. The second-order valence-electron chi connectivity index (χ2n) is 2.88. The van der Waals surface area contributed by atoms with Gasteiger partial charge < -0.3 is 15.3 Å². The highest BCUT2D eigenvalue weighted by atomic mass is 16.5. The van der Waals surface area contributed by atoms with E-state index in [0.717, 1.165) is 11.6 Å². The molecule has 0 atom stereocenters. The SMILES string of the molecule is NNc1cccc(NCc2ccno2)n1. The minimum absolute atomic E-state index is 0.543. The first kappa shape index (κ1) is 9.47. The number of nitrogens with zero attached hydrogens (tertiary/aromatic N) is 2. The highest BCUT2D eigenvalue weighted by molar-refractivity contribution is 5.44. The monoisotopic (exact) mass is 205 g/mol. The van der Waals surface area contributed by atoms with Crippen LogP contribution < -0.4 is 16.6 Å². The summed E-state index contributed by atoms with van der Waals surface area (Å²) in [6, 6.07) is 7.26. The fourth-order valence-electron chi connectivity index (χ4n) is 1.12. The summed E-state index contributed by atoms with van der Waals surface area (Å²) in [4.78, 5) is 4.18. The van der Waals surface area contributed by atoms with Crippen LogP contribution in [0.1, 0.15) is 5.76 Å². The molecule has 0 aliphatic rings. The maximum atomic E-state index is 5.24. The van der Waals surface area contributed by atoms with Gasteiger partial charge in [-0.3, -0.25) is 0 Å². The van der Waals surface area contributed by atoms with Gasteiger partial charge in [-0.05, 0) is 12.1 Å². The fraction of sp³-hybridized carbons (Fsp3) is 0.111. The maximum absolute atomic E-state index is 5.24. The van der Waals surface area contributed by atoms with Crippen molar-refractivity contribution in [3.05, 3.63) is 36.2 Å². The summed E-state index contributed by atoms with van der Waals surface area (Å²) in [6.45, 7) is 0.543. The van der Waals surface area contributed by atoms with Crippen molar-refractivity contribution in [3.8, 4) is 0 Å². The Morgan fingerprint density at radius 1 is 1.27 bits per heavy atom. The summed E-state index contributed by atoms with van der Waals surface area (Å²) in [6.07, 6.45) is 1.60. The number of nitrogens with one attached hydrogen (secondary N) is 2. The molecule has 2 heterocycles. The van der Waals surface area contributed by atoms with Crippen molar-refractivity contribution < 1.29 is 4.52 Å². The molecule has 0 fully saturated rings. The van der Waals surface area contributed by atoms with Gasteiger partial charge in [0.05, 0.1) is 12.7 Å². The van der Waals surface area contributed by atoms with E-state index in [2.05, 4.69) is 20.9 Å². The summed E-state index contributed by atoms with van der Waals surface area (Å²) in [5.41, 5.74) is 2.47. The highest BCUT2D eigenvalue weighted by Crippen LogP contribution is 2.09. The van der Waals surface area contributed by atoms with Crippen LogP contribution in [-0.4, -0.2) is 10.1 Å². The van der Waals surface area contributed by atoms with Crippen molar-refractivity contribution in [2.45, 2.75) is 6.54 Å². The average Bonchev–Trinajstić information content (AvgIpc) is 2.79. The van der Waals surface area contributed by atoms with Crippen molar-refractivity contribution in [2.24, 2.45) is 5.84 Å². The molecular formula is C9H11N5O. The molecule has 0 aliphatic heterocycles. The number of pyridine rings is 1. The number of anilines is 2. The number of hydrazine groups is 1. The van der Waals surface area contributed by atoms with Crippen molar-refractivity contribution in [1.82, 2.24) is 10.1 Å². The van der Waals surface area contributed by atoms with Gasteiger partial charge in [-0.25, -0.2) is 10.8 Å². The molecule has 0 bridgehead atoms. The number of hydrogen-bond donors (Lipinski definition) is 3. The number of nitrogen functional groups attached to an aromatic ring is 1. The van der Waals surface area contributed by atoms with Gasteiger partial charge in [0.15, 0.2) is 5.76 Å². The number of aromatic nitrogens is 2. The van der Waals surface area contributed by atoms with Gasteiger partial charge in [-0.1, -0.05) is 11.2 Å². The molecule has 15 heavy (non-hydrogen) atoms. The summed E-state index contributed by atoms with van der Waals surface area (Å²) in [7, 11) is 0. The molecule has 6 nitrogen and oxygen atoms in total. The van der Waals surface area contributed by atoms with Gasteiger partial charge in [-0.2, -0.15) is 0 Å². The molecular weight excluding hydrogens is 194 g/mol. The summed E-state index contributed by atoms with van der Waals surface area (Å²) < 4.78 is 4.93. The first-order chi connectivity index (χ1) is 7.38. The first-order valence-corrected chi connectivity index (χ1v) is 4.45. The van der Waals surface area contributed by atoms with E-state index in [0.29, 0.717) is 12.4 Å². The zero-order valence-corrected chi connectivity index (χ0v) is 7.97. The summed E-state index contributed by atoms with van der Waals surface area (Å²) >= 11 is 0. The topological polar surface area (TPSA) is 89.0 Å². The predicted molar refractivity (Wildman–Crippen MR) is 55.9 cm³/mol. The zero-order chi connectivity index (χ0) is 10.5. The average molecular weight is 205 g/mol. The van der Waals surface area contributed by atoms with E-state index >= 15 is 0 Å². The largest absolute Gasteiger partial charge is 0.363 e. The van der Waals surface area contributed by atoms with Crippen molar-refractivity contribution in [1.29, 1.82) is 0 Å². The number of nitrogens with two attached hydrogens (primary N) is 1. The van der Waals surface area contributed by atoms with E-state index in [1.165, 1.54) is 0 Å². The molecule has 0 aliphatic carbocycles. The van der Waals surface area contributed by atoms with Gasteiger partial charge >= 0.3 is 0 Å². The van der Waals surface area contributed by atoms with Gasteiger partial charge in [0.25, 0.3) is 0 Å². The molecule has 78 valence electrons. The lowest BCUT2D eigenvalue weighted by atomic mass is 10.4. The van der Waals surface area contributed by atoms with Gasteiger partial charge in [0.1, 0.15) is 11.6 Å². The van der Waals surface area contributed by atoms with E-state index in [1.807, 2.05) is 12.1 Å². The molecule has 0 aromatic carbocycles. The van der Waals surface area contributed by atoms with Crippen LogP contribution in [0.4, 0.5) is 11.6 Å². The number of rotatable bonds is 4. The normalized spacial score (nSPS) is 9.93. The first-order valence-electron chi connectivity index (χ1n) is 4.45. The van der Waals surface area contributed by atoms with Crippen LogP contribution in [0.15, 0.2) is 35.0 Å². The standard InChI is InChI=1S/C9H11N5O/c10-14-9-3-1-2-8(13-9)11-6-7-4-5-12-15-7/h1-5H,6,10H2,(H2,11,13,14). The lowest BCUT2D eigenvalue weighted by Gasteiger charge is -2.04. The van der Waals surface area contributed by atoms with Crippen LogP contribution >= 0.6 is 0 Å². The van der Waals surface area contributed by atoms with Gasteiger partial charge in [0.2, 0.25) is 0 Å². The zero-order valence-electron chi connectivity index (χ0n) is 7.97. The number of hydrogen-bond acceptors (Lipinski definition) is 6. The van der Waals surface area contributed by atoms with Crippen molar-refractivity contribution in [2.75, 3.05) is 10.7 Å². The lowest BCUT2D eigenvalue weighted by molar-refractivity contribution is 0.388. The molecule has 0 amide bonds. The fourth-order valence-corrected chi connectivity index (χ4v) is 1.12. The molecule has 0 saturated heterocycles. The third-order valence-corrected chi connectivity index (χ3v) is 1.83. The molecule has 2 aromatic rings. The van der Waals surface area contributed by atoms with Crippen LogP contribution in [0.3, 0.4) is 0 Å².